The predicted molar refractivity (Wildman–Crippen MR) is 92.7 cm³/mol. The number of ether oxygens (including phenoxy) is 1. The highest BCUT2D eigenvalue weighted by molar-refractivity contribution is 6.35. The number of anilines is 1. The van der Waals surface area contributed by atoms with E-state index in [0.29, 0.717) is 24.7 Å². The van der Waals surface area contributed by atoms with E-state index in [9.17, 15) is 9.90 Å². The van der Waals surface area contributed by atoms with Crippen molar-refractivity contribution in [3.8, 4) is 0 Å². The van der Waals surface area contributed by atoms with Crippen LogP contribution < -0.4 is 4.90 Å². The van der Waals surface area contributed by atoms with Crippen molar-refractivity contribution in [1.82, 2.24) is 15.0 Å². The lowest BCUT2D eigenvalue weighted by Crippen LogP contribution is -2.28. The standard InChI is InChI=1S/C17H19ClN4O3/c1-25-17(24)14-13(18)16(21-15(20-14)12-4-5-12)22(7-8-23)10-11-3-2-6-19-9-11/h2-3,6,9,12,23H,4-5,7-8,10H2,1H3. The molecule has 132 valence electrons. The van der Waals surface area contributed by atoms with Gasteiger partial charge >= 0.3 is 5.97 Å². The molecule has 2 heterocycles. The van der Waals surface area contributed by atoms with Crippen molar-refractivity contribution in [3.05, 3.63) is 46.6 Å². The minimum Gasteiger partial charge on any atom is -0.464 e. The summed E-state index contributed by atoms with van der Waals surface area (Å²) in [6, 6.07) is 3.76. The monoisotopic (exact) mass is 362 g/mol. The molecule has 1 N–H and O–H groups in total. The second-order valence-corrected chi connectivity index (χ2v) is 6.22. The molecule has 0 amide bonds. The van der Waals surface area contributed by atoms with Crippen molar-refractivity contribution in [2.45, 2.75) is 25.3 Å². The molecule has 0 bridgehead atoms. The number of nitrogens with zero attached hydrogens (tertiary/aromatic N) is 4. The summed E-state index contributed by atoms with van der Waals surface area (Å²) in [5.74, 6) is 0.667. The summed E-state index contributed by atoms with van der Waals surface area (Å²) in [7, 11) is 1.29. The topological polar surface area (TPSA) is 88.4 Å². The Morgan fingerprint density at radius 2 is 2.24 bits per heavy atom. The van der Waals surface area contributed by atoms with E-state index in [1.807, 2.05) is 17.0 Å². The Morgan fingerprint density at radius 3 is 2.84 bits per heavy atom. The maximum Gasteiger partial charge on any atom is 0.358 e. The highest BCUT2D eigenvalue weighted by Crippen LogP contribution is 2.40. The molecule has 1 aliphatic carbocycles. The van der Waals surface area contributed by atoms with Crippen molar-refractivity contribution in [3.63, 3.8) is 0 Å². The fraction of sp³-hybridized carbons (Fsp3) is 0.412. The number of carbonyl (C=O) groups excluding carboxylic acids is 1. The predicted octanol–water partition coefficient (Wildman–Crippen LogP) is 2.19. The number of aromatic nitrogens is 3. The van der Waals surface area contributed by atoms with Crippen LogP contribution in [0.3, 0.4) is 0 Å². The van der Waals surface area contributed by atoms with Gasteiger partial charge in [-0.3, -0.25) is 4.98 Å². The highest BCUT2D eigenvalue weighted by Gasteiger charge is 2.31. The van der Waals surface area contributed by atoms with E-state index in [1.165, 1.54) is 7.11 Å². The number of halogens is 1. The third-order valence-electron chi connectivity index (χ3n) is 3.94. The van der Waals surface area contributed by atoms with E-state index in [4.69, 9.17) is 16.3 Å². The Balaban J connectivity index is 2.01. The van der Waals surface area contributed by atoms with Crippen LogP contribution in [0, 0.1) is 0 Å². The van der Waals surface area contributed by atoms with Gasteiger partial charge in [0.25, 0.3) is 0 Å². The molecule has 1 saturated carbocycles. The Bertz CT molecular complexity index is 753. The summed E-state index contributed by atoms with van der Waals surface area (Å²) in [5.41, 5.74) is 1.00. The summed E-state index contributed by atoms with van der Waals surface area (Å²) in [4.78, 5) is 26.8. The molecule has 7 nitrogen and oxygen atoms in total. The molecule has 0 radical (unpaired) electrons. The van der Waals surface area contributed by atoms with Crippen LogP contribution in [-0.2, 0) is 11.3 Å². The number of rotatable bonds is 7. The van der Waals surface area contributed by atoms with Crippen LogP contribution in [0.2, 0.25) is 5.02 Å². The zero-order chi connectivity index (χ0) is 17.8. The lowest BCUT2D eigenvalue weighted by atomic mass is 10.2. The van der Waals surface area contributed by atoms with Gasteiger partial charge in [0.2, 0.25) is 0 Å². The normalized spacial score (nSPS) is 13.6. The molecule has 2 aromatic rings. The van der Waals surface area contributed by atoms with Gasteiger partial charge in [-0.2, -0.15) is 0 Å². The van der Waals surface area contributed by atoms with E-state index >= 15 is 0 Å². The fourth-order valence-corrected chi connectivity index (χ4v) is 2.79. The molecule has 1 aliphatic rings. The van der Waals surface area contributed by atoms with Crippen molar-refractivity contribution < 1.29 is 14.6 Å². The second-order valence-electron chi connectivity index (χ2n) is 5.84. The largest absolute Gasteiger partial charge is 0.464 e. The first-order valence-corrected chi connectivity index (χ1v) is 8.42. The summed E-state index contributed by atoms with van der Waals surface area (Å²) < 4.78 is 4.79. The first kappa shape index (κ1) is 17.6. The van der Waals surface area contributed by atoms with E-state index in [0.717, 1.165) is 18.4 Å². The maximum absolute atomic E-state index is 12.0. The van der Waals surface area contributed by atoms with Crippen LogP contribution in [0.4, 0.5) is 5.82 Å². The van der Waals surface area contributed by atoms with E-state index in [2.05, 4.69) is 15.0 Å². The third kappa shape index (κ3) is 4.05. The van der Waals surface area contributed by atoms with E-state index < -0.39 is 5.97 Å². The molecular weight excluding hydrogens is 344 g/mol. The average molecular weight is 363 g/mol. The molecular formula is C17H19ClN4O3. The molecule has 8 heteroatoms. The van der Waals surface area contributed by atoms with Crippen LogP contribution in [0.1, 0.15) is 40.6 Å². The van der Waals surface area contributed by atoms with Gasteiger partial charge in [-0.05, 0) is 24.5 Å². The molecule has 0 spiro atoms. The maximum atomic E-state index is 12.0. The van der Waals surface area contributed by atoms with Gasteiger partial charge in [0.15, 0.2) is 11.5 Å². The number of hydrogen-bond donors (Lipinski definition) is 1. The van der Waals surface area contributed by atoms with Crippen molar-refractivity contribution in [2.75, 3.05) is 25.2 Å². The van der Waals surface area contributed by atoms with Gasteiger partial charge < -0.3 is 14.7 Å². The van der Waals surface area contributed by atoms with Gasteiger partial charge in [-0.15, -0.1) is 0 Å². The van der Waals surface area contributed by atoms with Crippen LogP contribution in [0.15, 0.2) is 24.5 Å². The van der Waals surface area contributed by atoms with Gasteiger partial charge in [-0.25, -0.2) is 14.8 Å². The van der Waals surface area contributed by atoms with Gasteiger partial charge in [0.05, 0.1) is 13.7 Å². The van der Waals surface area contributed by atoms with E-state index in [-0.39, 0.29) is 23.2 Å². The molecule has 25 heavy (non-hydrogen) atoms. The molecule has 2 aromatic heterocycles. The van der Waals surface area contributed by atoms with E-state index in [1.54, 1.807) is 12.4 Å². The molecule has 0 aliphatic heterocycles. The van der Waals surface area contributed by atoms with Crippen molar-refractivity contribution >= 4 is 23.4 Å². The van der Waals surface area contributed by atoms with Gasteiger partial charge in [0.1, 0.15) is 10.8 Å². The minimum atomic E-state index is -0.596. The lowest BCUT2D eigenvalue weighted by molar-refractivity contribution is 0.0593. The van der Waals surface area contributed by atoms with Gasteiger partial charge in [-0.1, -0.05) is 17.7 Å². The van der Waals surface area contributed by atoms with Crippen LogP contribution in [-0.4, -0.2) is 46.3 Å². The molecule has 0 unspecified atom stereocenters. The Kier molecular flexibility index (Phi) is 5.45. The average Bonchev–Trinajstić information content (AvgIpc) is 3.47. The number of aliphatic hydroxyl groups is 1. The summed E-state index contributed by atoms with van der Waals surface area (Å²) >= 11 is 6.41. The quantitative estimate of drug-likeness (QED) is 0.755. The zero-order valence-electron chi connectivity index (χ0n) is 13.9. The van der Waals surface area contributed by atoms with Crippen LogP contribution in [0.25, 0.3) is 0 Å². The summed E-state index contributed by atoms with van der Waals surface area (Å²) in [6.07, 6.45) is 5.41. The fourth-order valence-electron chi connectivity index (χ4n) is 2.51. The lowest BCUT2D eigenvalue weighted by Gasteiger charge is -2.24. The molecule has 1 fully saturated rings. The Morgan fingerprint density at radius 1 is 1.44 bits per heavy atom. The number of esters is 1. The number of carbonyl (C=O) groups is 1. The first-order valence-electron chi connectivity index (χ1n) is 8.04. The Hall–Kier alpha value is -2.25. The zero-order valence-corrected chi connectivity index (χ0v) is 14.6. The first-order chi connectivity index (χ1) is 12.1. The molecule has 0 aromatic carbocycles. The number of aliphatic hydroxyl groups excluding tert-OH is 1. The molecule has 0 saturated heterocycles. The number of pyridine rings is 1. The Labute approximate surface area is 150 Å². The summed E-state index contributed by atoms with van der Waals surface area (Å²) in [6.45, 7) is 0.694. The second kappa shape index (κ2) is 7.76. The summed E-state index contributed by atoms with van der Waals surface area (Å²) in [5, 5.41) is 9.58. The molecule has 0 atom stereocenters. The third-order valence-corrected chi connectivity index (χ3v) is 4.29. The SMILES string of the molecule is COC(=O)c1nc(C2CC2)nc(N(CCO)Cc2cccnc2)c1Cl. The minimum absolute atomic E-state index is 0.0604. The van der Waals surface area contributed by atoms with Crippen molar-refractivity contribution in [2.24, 2.45) is 0 Å². The number of hydrogen-bond acceptors (Lipinski definition) is 7. The van der Waals surface area contributed by atoms with Crippen molar-refractivity contribution in [1.29, 1.82) is 0 Å². The van der Waals surface area contributed by atoms with Gasteiger partial charge in [0, 0.05) is 31.4 Å². The van der Waals surface area contributed by atoms with Crippen LogP contribution in [0.5, 0.6) is 0 Å². The number of methoxy groups -OCH3 is 1. The highest BCUT2D eigenvalue weighted by atomic mass is 35.5. The smallest absolute Gasteiger partial charge is 0.358 e. The van der Waals surface area contributed by atoms with Crippen LogP contribution >= 0.6 is 11.6 Å². The molecule has 3 rings (SSSR count).